The second-order valence-corrected chi connectivity index (χ2v) is 7.66. The van der Waals surface area contributed by atoms with E-state index in [0.717, 1.165) is 0 Å². The molecule has 156 valence electrons. The van der Waals surface area contributed by atoms with Crippen molar-refractivity contribution in [2.45, 2.75) is 6.92 Å². The van der Waals surface area contributed by atoms with Gasteiger partial charge in [-0.05, 0) is 48.9 Å². The van der Waals surface area contributed by atoms with Crippen LogP contribution in [0.1, 0.15) is 16.7 Å². The van der Waals surface area contributed by atoms with Crippen molar-refractivity contribution in [3.05, 3.63) is 96.2 Å². The van der Waals surface area contributed by atoms with E-state index in [9.17, 15) is 20.0 Å². The van der Waals surface area contributed by atoms with Crippen LogP contribution >= 0.6 is 11.6 Å². The number of fused-ring (bicyclic) bond motifs is 3. The lowest BCUT2D eigenvalue weighted by Crippen LogP contribution is -2.34. The third-order valence-electron chi connectivity index (χ3n) is 5.37. The summed E-state index contributed by atoms with van der Waals surface area (Å²) in [5.74, 6) is -0.384. The van der Waals surface area contributed by atoms with E-state index in [1.54, 1.807) is 55.5 Å². The number of rotatable bonds is 2. The minimum absolute atomic E-state index is 0.113. The number of pyridine rings is 1. The van der Waals surface area contributed by atoms with E-state index in [0.29, 0.717) is 27.3 Å². The molecule has 3 heterocycles. The maximum Gasteiger partial charge on any atom is 0.275 e. The standard InChI is InChI=1S/C23H14ClN5O3/c1-12-15(10-16-21(30)27-29(23(16)32)14-6-4-5-13(24)9-14)22(31)28-19-8-3-2-7-18(19)26-20(28)17(12)11-25/h2-10,32H,1H3,(H,27,30)/b15-10-. The van der Waals surface area contributed by atoms with Crippen molar-refractivity contribution in [2.75, 3.05) is 0 Å². The van der Waals surface area contributed by atoms with Gasteiger partial charge in [0, 0.05) is 10.2 Å². The van der Waals surface area contributed by atoms with E-state index in [-0.39, 0.29) is 27.9 Å². The molecule has 0 saturated carbocycles. The summed E-state index contributed by atoms with van der Waals surface area (Å²) in [5, 5.41) is 23.6. The minimum atomic E-state index is -0.602. The Hall–Kier alpha value is -4.35. The van der Waals surface area contributed by atoms with Crippen LogP contribution in [0.4, 0.5) is 0 Å². The predicted molar refractivity (Wildman–Crippen MR) is 120 cm³/mol. The van der Waals surface area contributed by atoms with Crippen LogP contribution in [-0.4, -0.2) is 24.3 Å². The number of para-hydroxylation sites is 2. The Balaban J connectivity index is 1.86. The van der Waals surface area contributed by atoms with Gasteiger partial charge < -0.3 is 5.11 Å². The molecule has 2 N–H and O–H groups in total. The zero-order valence-corrected chi connectivity index (χ0v) is 17.4. The maximum absolute atomic E-state index is 13.4. The highest BCUT2D eigenvalue weighted by Crippen LogP contribution is 2.22. The number of aromatic amines is 1. The number of H-pyrrole nitrogens is 1. The van der Waals surface area contributed by atoms with Crippen LogP contribution in [0.15, 0.2) is 58.1 Å². The Labute approximate surface area is 184 Å². The van der Waals surface area contributed by atoms with Crippen molar-refractivity contribution in [2.24, 2.45) is 0 Å². The first-order valence-electron chi connectivity index (χ1n) is 9.56. The highest BCUT2D eigenvalue weighted by atomic mass is 35.5. The zero-order valence-electron chi connectivity index (χ0n) is 16.6. The Kier molecular flexibility index (Phi) is 4.36. The number of halogens is 1. The van der Waals surface area contributed by atoms with Gasteiger partial charge in [0.2, 0.25) is 5.88 Å². The molecule has 0 unspecified atom stereocenters. The average Bonchev–Trinajstić information content (AvgIpc) is 3.29. The Morgan fingerprint density at radius 2 is 1.97 bits per heavy atom. The van der Waals surface area contributed by atoms with Crippen molar-refractivity contribution in [1.82, 2.24) is 19.2 Å². The van der Waals surface area contributed by atoms with Gasteiger partial charge >= 0.3 is 0 Å². The predicted octanol–water partition coefficient (Wildman–Crippen LogP) is 2.41. The fourth-order valence-corrected chi connectivity index (χ4v) is 3.98. The fraction of sp³-hybridized carbons (Fsp3) is 0.0435. The zero-order chi connectivity index (χ0) is 22.6. The first kappa shape index (κ1) is 19.6. The maximum atomic E-state index is 13.4. The van der Waals surface area contributed by atoms with Crippen LogP contribution in [0.5, 0.6) is 5.88 Å². The van der Waals surface area contributed by atoms with Gasteiger partial charge in [-0.2, -0.15) is 5.26 Å². The lowest BCUT2D eigenvalue weighted by Gasteiger charge is -2.04. The molecule has 0 radical (unpaired) electrons. The molecule has 5 rings (SSSR count). The van der Waals surface area contributed by atoms with Crippen LogP contribution in [0.25, 0.3) is 28.4 Å². The number of benzene rings is 2. The first-order chi connectivity index (χ1) is 15.4. The second-order valence-electron chi connectivity index (χ2n) is 7.23. The highest BCUT2D eigenvalue weighted by molar-refractivity contribution is 6.30. The number of aromatic nitrogens is 4. The van der Waals surface area contributed by atoms with E-state index in [1.807, 2.05) is 0 Å². The molecule has 0 fully saturated rings. The fourth-order valence-electron chi connectivity index (χ4n) is 3.80. The molecule has 0 bridgehead atoms. The molecule has 0 spiro atoms. The minimum Gasteiger partial charge on any atom is -0.493 e. The number of hydrogen-bond acceptors (Lipinski definition) is 5. The summed E-state index contributed by atoms with van der Waals surface area (Å²) in [6.07, 6.45) is 1.29. The third-order valence-corrected chi connectivity index (χ3v) is 5.61. The number of nitrogens with zero attached hydrogens (tertiary/aromatic N) is 4. The van der Waals surface area contributed by atoms with Crippen LogP contribution in [0, 0.1) is 18.3 Å². The molecular formula is C23H14ClN5O3. The molecule has 9 heteroatoms. The second kappa shape index (κ2) is 7.11. The van der Waals surface area contributed by atoms with Gasteiger partial charge in [-0.3, -0.25) is 19.1 Å². The summed E-state index contributed by atoms with van der Waals surface area (Å²) in [6.45, 7) is 1.62. The Morgan fingerprint density at radius 3 is 2.72 bits per heavy atom. The van der Waals surface area contributed by atoms with Crippen LogP contribution < -0.4 is 16.3 Å². The summed E-state index contributed by atoms with van der Waals surface area (Å²) in [4.78, 5) is 30.5. The van der Waals surface area contributed by atoms with Gasteiger partial charge in [-0.1, -0.05) is 29.8 Å². The first-order valence-corrected chi connectivity index (χ1v) is 9.94. The lowest BCUT2D eigenvalue weighted by molar-refractivity contribution is 0.432. The number of nitriles is 1. The Bertz CT molecular complexity index is 1770. The van der Waals surface area contributed by atoms with Crippen LogP contribution in [-0.2, 0) is 0 Å². The SMILES string of the molecule is Cc1c(C#N)c2nc3ccccc3n2c(=O)/c1=C\c1c(O)n(-c2cccc(Cl)c2)[nH]c1=O. The monoisotopic (exact) mass is 443 g/mol. The van der Waals surface area contributed by atoms with Crippen molar-refractivity contribution < 1.29 is 5.11 Å². The highest BCUT2D eigenvalue weighted by Gasteiger charge is 2.18. The molecule has 5 aromatic rings. The normalized spacial score (nSPS) is 12.0. The topological polar surface area (TPSA) is 116 Å². The number of imidazole rings is 1. The molecular weight excluding hydrogens is 430 g/mol. The number of nitrogens with one attached hydrogen (secondary N) is 1. The molecule has 0 amide bonds. The molecule has 2 aromatic carbocycles. The van der Waals surface area contributed by atoms with Crippen molar-refractivity contribution >= 4 is 34.4 Å². The summed E-state index contributed by atoms with van der Waals surface area (Å²) in [6, 6.07) is 15.7. The molecule has 0 saturated heterocycles. The van der Waals surface area contributed by atoms with Gasteiger partial charge in [-0.15, -0.1) is 0 Å². The molecule has 8 nitrogen and oxygen atoms in total. The van der Waals surface area contributed by atoms with E-state index >= 15 is 0 Å². The molecule has 0 atom stereocenters. The molecule has 0 aliphatic rings. The summed E-state index contributed by atoms with van der Waals surface area (Å²) in [5.41, 5.74) is 1.25. The average molecular weight is 444 g/mol. The lowest BCUT2D eigenvalue weighted by atomic mass is 10.1. The third kappa shape index (κ3) is 2.80. The van der Waals surface area contributed by atoms with Gasteiger partial charge in [0.25, 0.3) is 11.1 Å². The smallest absolute Gasteiger partial charge is 0.275 e. The molecule has 32 heavy (non-hydrogen) atoms. The molecule has 0 aliphatic carbocycles. The van der Waals surface area contributed by atoms with Gasteiger partial charge in [-0.25, -0.2) is 9.67 Å². The quantitative estimate of drug-likeness (QED) is 0.434. The van der Waals surface area contributed by atoms with Crippen molar-refractivity contribution in [3.8, 4) is 17.6 Å². The number of aromatic hydroxyl groups is 1. The van der Waals surface area contributed by atoms with E-state index < -0.39 is 11.1 Å². The number of hydrogen-bond donors (Lipinski definition) is 2. The van der Waals surface area contributed by atoms with Crippen molar-refractivity contribution in [1.29, 1.82) is 5.26 Å². The van der Waals surface area contributed by atoms with E-state index in [4.69, 9.17) is 11.6 Å². The van der Waals surface area contributed by atoms with E-state index in [1.165, 1.54) is 15.2 Å². The van der Waals surface area contributed by atoms with Crippen LogP contribution in [0.2, 0.25) is 5.02 Å². The van der Waals surface area contributed by atoms with Gasteiger partial charge in [0.05, 0.1) is 22.3 Å². The molecule has 0 aliphatic heterocycles. The summed E-state index contributed by atoms with van der Waals surface area (Å²) >= 11 is 6.02. The van der Waals surface area contributed by atoms with Crippen molar-refractivity contribution in [3.63, 3.8) is 0 Å². The van der Waals surface area contributed by atoms with Gasteiger partial charge in [0.1, 0.15) is 11.6 Å². The largest absolute Gasteiger partial charge is 0.493 e. The van der Waals surface area contributed by atoms with Gasteiger partial charge in [0.15, 0.2) is 5.65 Å². The summed E-state index contributed by atoms with van der Waals surface area (Å²) in [7, 11) is 0. The summed E-state index contributed by atoms with van der Waals surface area (Å²) < 4.78 is 2.53. The Morgan fingerprint density at radius 1 is 1.19 bits per heavy atom. The van der Waals surface area contributed by atoms with Crippen LogP contribution in [0.3, 0.4) is 0 Å². The molecule has 3 aromatic heterocycles. The van der Waals surface area contributed by atoms with E-state index in [2.05, 4.69) is 16.2 Å².